The molecule has 2 rings (SSSR count). The van der Waals surface area contributed by atoms with Gasteiger partial charge in [0, 0.05) is 30.1 Å². The predicted octanol–water partition coefficient (Wildman–Crippen LogP) is 3.23. The number of amides is 2. The van der Waals surface area contributed by atoms with E-state index in [1.54, 1.807) is 0 Å². The number of hydrogen-bond donors (Lipinski definition) is 2. The Kier molecular flexibility index (Phi) is 6.29. The molecule has 23 heavy (non-hydrogen) atoms. The zero-order valence-electron chi connectivity index (χ0n) is 13.4. The fourth-order valence-corrected chi connectivity index (χ4v) is 2.88. The van der Waals surface area contributed by atoms with Crippen molar-refractivity contribution in [3.63, 3.8) is 0 Å². The van der Waals surface area contributed by atoms with Gasteiger partial charge in [-0.1, -0.05) is 13.3 Å². The highest BCUT2D eigenvalue weighted by Crippen LogP contribution is 2.25. The largest absolute Gasteiger partial charge is 0.356 e. The van der Waals surface area contributed by atoms with Crippen LogP contribution >= 0.6 is 11.3 Å². The molecule has 6 heteroatoms. The summed E-state index contributed by atoms with van der Waals surface area (Å²) in [5.41, 5.74) is 2.51. The van der Waals surface area contributed by atoms with Crippen LogP contribution in [0.1, 0.15) is 32.4 Å². The highest BCUT2D eigenvalue weighted by molar-refractivity contribution is 7.13. The Bertz CT molecular complexity index is 665. The molecule has 0 radical (unpaired) electrons. The maximum atomic E-state index is 11.8. The fraction of sp³-hybridized carbons (Fsp3) is 0.353. The molecule has 1 aromatic carbocycles. The average Bonchev–Trinajstić information content (AvgIpc) is 2.96. The van der Waals surface area contributed by atoms with Crippen LogP contribution in [0.4, 0.5) is 5.69 Å². The number of benzene rings is 1. The normalized spacial score (nSPS) is 10.3. The molecule has 0 unspecified atom stereocenters. The summed E-state index contributed by atoms with van der Waals surface area (Å²) in [6, 6.07) is 7.51. The fourth-order valence-electron chi connectivity index (χ4n) is 2.05. The number of rotatable bonds is 7. The lowest BCUT2D eigenvalue weighted by Crippen LogP contribution is -2.26. The first-order valence-electron chi connectivity index (χ1n) is 7.67. The third-order valence-corrected chi connectivity index (χ3v) is 4.14. The van der Waals surface area contributed by atoms with E-state index in [1.807, 2.05) is 29.6 Å². The summed E-state index contributed by atoms with van der Waals surface area (Å²) in [5, 5.41) is 8.41. The molecule has 0 atom stereocenters. The van der Waals surface area contributed by atoms with Gasteiger partial charge >= 0.3 is 0 Å². The van der Waals surface area contributed by atoms with Gasteiger partial charge < -0.3 is 10.6 Å². The van der Waals surface area contributed by atoms with Gasteiger partial charge in [0.05, 0.1) is 12.1 Å². The number of aromatic nitrogens is 1. The number of unbranched alkanes of at least 4 members (excludes halogenated alkanes) is 1. The van der Waals surface area contributed by atoms with E-state index in [2.05, 4.69) is 22.5 Å². The van der Waals surface area contributed by atoms with Crippen LogP contribution in [-0.2, 0) is 16.0 Å². The Morgan fingerprint density at radius 1 is 1.22 bits per heavy atom. The topological polar surface area (TPSA) is 71.1 Å². The second-order valence-electron chi connectivity index (χ2n) is 5.28. The lowest BCUT2D eigenvalue weighted by Gasteiger charge is -2.03. The van der Waals surface area contributed by atoms with Crippen molar-refractivity contribution >= 4 is 28.8 Å². The summed E-state index contributed by atoms with van der Waals surface area (Å²) in [7, 11) is 0. The number of carbonyl (C=O) groups is 2. The van der Waals surface area contributed by atoms with E-state index >= 15 is 0 Å². The summed E-state index contributed by atoms with van der Waals surface area (Å²) in [4.78, 5) is 27.3. The third kappa shape index (κ3) is 5.49. The molecule has 2 amide bonds. The maximum Gasteiger partial charge on any atom is 0.226 e. The first-order valence-corrected chi connectivity index (χ1v) is 8.55. The summed E-state index contributed by atoms with van der Waals surface area (Å²) in [5.74, 6) is -0.0836. The van der Waals surface area contributed by atoms with E-state index in [0.29, 0.717) is 6.42 Å². The zero-order valence-corrected chi connectivity index (χ0v) is 14.2. The lowest BCUT2D eigenvalue weighted by atomic mass is 10.2. The summed E-state index contributed by atoms with van der Waals surface area (Å²) >= 11 is 1.51. The van der Waals surface area contributed by atoms with Crippen molar-refractivity contribution in [1.82, 2.24) is 10.3 Å². The van der Waals surface area contributed by atoms with Gasteiger partial charge in [-0.3, -0.25) is 9.59 Å². The SMILES string of the molecule is CCCCNC(=O)Cc1csc(-c2ccc(NC(C)=O)cc2)n1. The molecule has 2 N–H and O–H groups in total. The van der Waals surface area contributed by atoms with Crippen LogP contribution in [0.3, 0.4) is 0 Å². The number of anilines is 1. The molecule has 122 valence electrons. The van der Waals surface area contributed by atoms with Crippen LogP contribution in [-0.4, -0.2) is 23.3 Å². The minimum Gasteiger partial charge on any atom is -0.356 e. The average molecular weight is 331 g/mol. The van der Waals surface area contributed by atoms with Crippen molar-refractivity contribution in [2.24, 2.45) is 0 Å². The van der Waals surface area contributed by atoms with Gasteiger partial charge in [-0.25, -0.2) is 4.98 Å². The summed E-state index contributed by atoms with van der Waals surface area (Å²) in [6.45, 7) is 4.29. The van der Waals surface area contributed by atoms with Gasteiger partial charge in [0.2, 0.25) is 11.8 Å². The molecule has 2 aromatic rings. The van der Waals surface area contributed by atoms with Crippen molar-refractivity contribution < 1.29 is 9.59 Å². The van der Waals surface area contributed by atoms with Crippen molar-refractivity contribution in [1.29, 1.82) is 0 Å². The Morgan fingerprint density at radius 3 is 2.61 bits per heavy atom. The first-order chi connectivity index (χ1) is 11.1. The summed E-state index contributed by atoms with van der Waals surface area (Å²) < 4.78 is 0. The first kappa shape index (κ1) is 17.1. The zero-order chi connectivity index (χ0) is 16.7. The molecule has 0 aliphatic carbocycles. The number of thiazole rings is 1. The second kappa shape index (κ2) is 8.43. The number of hydrogen-bond acceptors (Lipinski definition) is 4. The molecule has 5 nitrogen and oxygen atoms in total. The monoisotopic (exact) mass is 331 g/mol. The van der Waals surface area contributed by atoms with Gasteiger partial charge in [-0.2, -0.15) is 0 Å². The lowest BCUT2D eigenvalue weighted by molar-refractivity contribution is -0.120. The quantitative estimate of drug-likeness (QED) is 0.765. The second-order valence-corrected chi connectivity index (χ2v) is 6.14. The predicted molar refractivity (Wildman–Crippen MR) is 93.5 cm³/mol. The Balaban J connectivity index is 1.96. The van der Waals surface area contributed by atoms with Crippen LogP contribution in [0.25, 0.3) is 10.6 Å². The molecular formula is C17H21N3O2S. The van der Waals surface area contributed by atoms with Crippen LogP contribution in [0.2, 0.25) is 0 Å². The van der Waals surface area contributed by atoms with Crippen molar-refractivity contribution in [2.45, 2.75) is 33.1 Å². The molecule has 0 spiro atoms. The van der Waals surface area contributed by atoms with Crippen molar-refractivity contribution in [3.8, 4) is 10.6 Å². The van der Waals surface area contributed by atoms with E-state index in [9.17, 15) is 9.59 Å². The Morgan fingerprint density at radius 2 is 1.96 bits per heavy atom. The van der Waals surface area contributed by atoms with Crippen LogP contribution in [0.15, 0.2) is 29.6 Å². The molecule has 1 aromatic heterocycles. The summed E-state index contributed by atoms with van der Waals surface area (Å²) in [6.07, 6.45) is 2.37. The number of nitrogens with one attached hydrogen (secondary N) is 2. The minimum absolute atomic E-state index is 0.0105. The minimum atomic E-state index is -0.0941. The van der Waals surface area contributed by atoms with Crippen LogP contribution in [0, 0.1) is 0 Å². The molecular weight excluding hydrogens is 310 g/mol. The Hall–Kier alpha value is -2.21. The van der Waals surface area contributed by atoms with E-state index in [0.717, 1.165) is 41.3 Å². The number of carbonyl (C=O) groups excluding carboxylic acids is 2. The molecule has 0 bridgehead atoms. The standard InChI is InChI=1S/C17H21N3O2S/c1-3-4-9-18-16(22)10-15-11-23-17(20-15)13-5-7-14(8-6-13)19-12(2)21/h5-8,11H,3-4,9-10H2,1-2H3,(H,18,22)(H,19,21). The van der Waals surface area contributed by atoms with Gasteiger partial charge in [-0.15, -0.1) is 11.3 Å². The number of nitrogens with zero attached hydrogens (tertiary/aromatic N) is 1. The maximum absolute atomic E-state index is 11.8. The molecule has 0 fully saturated rings. The van der Waals surface area contributed by atoms with Gasteiger partial charge in [0.1, 0.15) is 5.01 Å². The van der Waals surface area contributed by atoms with E-state index in [1.165, 1.54) is 18.3 Å². The molecule has 0 aliphatic heterocycles. The van der Waals surface area contributed by atoms with E-state index in [4.69, 9.17) is 0 Å². The Labute approximate surface area is 140 Å². The third-order valence-electron chi connectivity index (χ3n) is 3.20. The van der Waals surface area contributed by atoms with Crippen LogP contribution in [0.5, 0.6) is 0 Å². The van der Waals surface area contributed by atoms with Gasteiger partial charge in [0.25, 0.3) is 0 Å². The van der Waals surface area contributed by atoms with Crippen molar-refractivity contribution in [2.75, 3.05) is 11.9 Å². The smallest absolute Gasteiger partial charge is 0.226 e. The highest BCUT2D eigenvalue weighted by atomic mass is 32.1. The molecule has 1 heterocycles. The van der Waals surface area contributed by atoms with E-state index < -0.39 is 0 Å². The van der Waals surface area contributed by atoms with Crippen LogP contribution < -0.4 is 10.6 Å². The van der Waals surface area contributed by atoms with E-state index in [-0.39, 0.29) is 11.8 Å². The molecule has 0 aliphatic rings. The van der Waals surface area contributed by atoms with Crippen molar-refractivity contribution in [3.05, 3.63) is 35.3 Å². The molecule has 0 saturated carbocycles. The highest BCUT2D eigenvalue weighted by Gasteiger charge is 2.09. The van der Waals surface area contributed by atoms with Gasteiger partial charge in [0.15, 0.2) is 0 Å². The molecule has 0 saturated heterocycles. The van der Waals surface area contributed by atoms with Gasteiger partial charge in [-0.05, 0) is 30.7 Å².